The summed E-state index contributed by atoms with van der Waals surface area (Å²) in [7, 11) is 0. The molecule has 5 rings (SSSR count). The molecule has 0 atom stereocenters. The van der Waals surface area contributed by atoms with Crippen LogP contribution >= 0.6 is 22.7 Å². The van der Waals surface area contributed by atoms with Crippen LogP contribution in [0.3, 0.4) is 0 Å². The first-order valence-corrected chi connectivity index (χ1v) is 11.8. The van der Waals surface area contributed by atoms with E-state index in [1.54, 1.807) is 23.7 Å². The Morgan fingerprint density at radius 2 is 1.87 bits per heavy atom. The summed E-state index contributed by atoms with van der Waals surface area (Å²) in [5.74, 6) is -0.0419. The third kappa shape index (κ3) is 4.16. The minimum Gasteiger partial charge on any atom is -0.339 e. The second-order valence-corrected chi connectivity index (χ2v) is 9.30. The second-order valence-electron chi connectivity index (χ2n) is 7.50. The molecular weight excluding hydrogens is 430 g/mol. The number of hydrogen-bond donors (Lipinski definition) is 0. The Balaban J connectivity index is 1.27. The van der Waals surface area contributed by atoms with Gasteiger partial charge in [-0.1, -0.05) is 6.07 Å². The SMILES string of the molecule is O=C(Cn1cnc2scc(-c3cccs3)c2c1=O)N1CCN(Cc2ccncc2)CC1. The van der Waals surface area contributed by atoms with Gasteiger partial charge in [-0.25, -0.2) is 4.98 Å². The molecule has 0 radical (unpaired) electrons. The van der Waals surface area contributed by atoms with E-state index in [-0.39, 0.29) is 18.0 Å². The van der Waals surface area contributed by atoms with Gasteiger partial charge in [0.05, 0.1) is 11.7 Å². The number of carbonyl (C=O) groups excluding carboxylic acids is 1. The average Bonchev–Trinajstić information content (AvgIpc) is 3.47. The molecule has 1 aliphatic rings. The Hall–Kier alpha value is -2.88. The maximum atomic E-state index is 13.1. The zero-order valence-electron chi connectivity index (χ0n) is 16.8. The number of aromatic nitrogens is 3. The van der Waals surface area contributed by atoms with E-state index in [0.29, 0.717) is 23.3 Å². The summed E-state index contributed by atoms with van der Waals surface area (Å²) in [4.78, 5) is 40.4. The van der Waals surface area contributed by atoms with Crippen LogP contribution in [0.5, 0.6) is 0 Å². The molecule has 158 valence electrons. The van der Waals surface area contributed by atoms with Crippen molar-refractivity contribution in [2.24, 2.45) is 0 Å². The zero-order valence-corrected chi connectivity index (χ0v) is 18.4. The van der Waals surface area contributed by atoms with E-state index >= 15 is 0 Å². The Morgan fingerprint density at radius 3 is 2.61 bits per heavy atom. The number of piperazine rings is 1. The van der Waals surface area contributed by atoms with Crippen molar-refractivity contribution in [1.29, 1.82) is 0 Å². The van der Waals surface area contributed by atoms with Gasteiger partial charge in [-0.15, -0.1) is 22.7 Å². The normalized spacial score (nSPS) is 14.9. The van der Waals surface area contributed by atoms with Gasteiger partial charge >= 0.3 is 0 Å². The molecule has 0 spiro atoms. The largest absolute Gasteiger partial charge is 0.339 e. The topological polar surface area (TPSA) is 71.3 Å². The minimum atomic E-state index is -0.153. The molecule has 5 heterocycles. The van der Waals surface area contributed by atoms with Crippen LogP contribution in [0.4, 0.5) is 0 Å². The van der Waals surface area contributed by atoms with Gasteiger partial charge in [0.1, 0.15) is 11.4 Å². The van der Waals surface area contributed by atoms with Crippen molar-refractivity contribution in [3.63, 3.8) is 0 Å². The van der Waals surface area contributed by atoms with E-state index in [0.717, 1.165) is 30.1 Å². The van der Waals surface area contributed by atoms with E-state index in [1.807, 2.05) is 39.9 Å². The Kier molecular flexibility index (Phi) is 5.63. The smallest absolute Gasteiger partial charge is 0.263 e. The molecule has 7 nitrogen and oxygen atoms in total. The van der Waals surface area contributed by atoms with Crippen LogP contribution in [0, 0.1) is 0 Å². The molecule has 31 heavy (non-hydrogen) atoms. The Morgan fingerprint density at radius 1 is 1.06 bits per heavy atom. The first kappa shape index (κ1) is 20.0. The standard InChI is InChI=1S/C22H21N5O2S2/c28-19(26-9-7-25(8-10-26)12-16-3-5-23-6-4-16)13-27-15-24-21-20(22(27)29)17(14-31-21)18-2-1-11-30-18/h1-6,11,14-15H,7-10,12-13H2. The van der Waals surface area contributed by atoms with Gasteiger partial charge in [-0.3, -0.25) is 24.0 Å². The van der Waals surface area contributed by atoms with E-state index in [2.05, 4.69) is 14.9 Å². The van der Waals surface area contributed by atoms with Crippen molar-refractivity contribution < 1.29 is 4.79 Å². The Labute approximate surface area is 187 Å². The van der Waals surface area contributed by atoms with Crippen LogP contribution in [0.2, 0.25) is 0 Å². The van der Waals surface area contributed by atoms with E-state index in [9.17, 15) is 9.59 Å². The highest BCUT2D eigenvalue weighted by Crippen LogP contribution is 2.33. The van der Waals surface area contributed by atoms with Crippen LogP contribution in [-0.4, -0.2) is 56.4 Å². The lowest BCUT2D eigenvalue weighted by molar-refractivity contribution is -0.133. The van der Waals surface area contributed by atoms with Gasteiger partial charge in [-0.05, 0) is 29.1 Å². The van der Waals surface area contributed by atoms with Crippen molar-refractivity contribution >= 4 is 38.8 Å². The van der Waals surface area contributed by atoms with Gasteiger partial charge in [-0.2, -0.15) is 0 Å². The average molecular weight is 452 g/mol. The summed E-state index contributed by atoms with van der Waals surface area (Å²) >= 11 is 3.06. The molecule has 4 aromatic heterocycles. The number of thiophene rings is 2. The van der Waals surface area contributed by atoms with Crippen molar-refractivity contribution in [1.82, 2.24) is 24.3 Å². The van der Waals surface area contributed by atoms with E-state index in [4.69, 9.17) is 0 Å². The van der Waals surface area contributed by atoms with Gasteiger partial charge in [0.2, 0.25) is 5.91 Å². The van der Waals surface area contributed by atoms with Crippen LogP contribution in [0.15, 0.2) is 58.5 Å². The molecule has 1 amide bonds. The second kappa shape index (κ2) is 8.70. The van der Waals surface area contributed by atoms with E-state index < -0.39 is 0 Å². The number of nitrogens with zero attached hydrogens (tertiary/aromatic N) is 5. The molecule has 4 aromatic rings. The molecule has 0 bridgehead atoms. The molecule has 1 saturated heterocycles. The van der Waals surface area contributed by atoms with Gasteiger partial charge in [0.15, 0.2) is 0 Å². The summed E-state index contributed by atoms with van der Waals surface area (Å²) in [5.41, 5.74) is 1.97. The number of fused-ring (bicyclic) bond motifs is 1. The fourth-order valence-corrected chi connectivity index (χ4v) is 5.56. The molecule has 1 aliphatic heterocycles. The highest BCUT2D eigenvalue weighted by Gasteiger charge is 2.22. The number of pyridine rings is 1. The van der Waals surface area contributed by atoms with Crippen molar-refractivity contribution in [2.45, 2.75) is 13.1 Å². The third-order valence-corrected chi connectivity index (χ3v) is 7.32. The molecule has 1 fully saturated rings. The van der Waals surface area contributed by atoms with Crippen molar-refractivity contribution in [3.05, 3.63) is 69.7 Å². The maximum absolute atomic E-state index is 13.1. The predicted octanol–water partition coefficient (Wildman–Crippen LogP) is 2.93. The first-order valence-electron chi connectivity index (χ1n) is 10.1. The quantitative estimate of drug-likeness (QED) is 0.467. The van der Waals surface area contributed by atoms with E-state index in [1.165, 1.54) is 27.8 Å². The minimum absolute atomic E-state index is 0.0197. The molecular formula is C22H21N5O2S2. The number of carbonyl (C=O) groups is 1. The molecule has 0 N–H and O–H groups in total. The first-order chi connectivity index (χ1) is 15.2. The van der Waals surface area contributed by atoms with Gasteiger partial charge in [0.25, 0.3) is 5.56 Å². The number of amides is 1. The van der Waals surface area contributed by atoms with Crippen molar-refractivity contribution in [2.75, 3.05) is 26.2 Å². The lowest BCUT2D eigenvalue weighted by atomic mass is 10.2. The molecule has 0 saturated carbocycles. The molecule has 0 aromatic carbocycles. The molecule has 9 heteroatoms. The zero-order chi connectivity index (χ0) is 21.2. The van der Waals surface area contributed by atoms with Crippen LogP contribution in [0.1, 0.15) is 5.56 Å². The monoisotopic (exact) mass is 451 g/mol. The summed E-state index contributed by atoms with van der Waals surface area (Å²) in [6, 6.07) is 8.00. The van der Waals surface area contributed by atoms with Crippen LogP contribution in [-0.2, 0) is 17.9 Å². The predicted molar refractivity (Wildman–Crippen MR) is 123 cm³/mol. The molecule has 0 aliphatic carbocycles. The van der Waals surface area contributed by atoms with Crippen LogP contribution < -0.4 is 5.56 Å². The highest BCUT2D eigenvalue weighted by atomic mass is 32.1. The highest BCUT2D eigenvalue weighted by molar-refractivity contribution is 7.18. The van der Waals surface area contributed by atoms with Crippen LogP contribution in [0.25, 0.3) is 20.7 Å². The Bertz CT molecular complexity index is 1240. The number of hydrogen-bond acceptors (Lipinski definition) is 7. The van der Waals surface area contributed by atoms with Gasteiger partial charge < -0.3 is 4.90 Å². The summed E-state index contributed by atoms with van der Waals surface area (Å²) < 4.78 is 1.44. The summed E-state index contributed by atoms with van der Waals surface area (Å²) in [5, 5.41) is 4.56. The summed E-state index contributed by atoms with van der Waals surface area (Å²) in [6.07, 6.45) is 5.10. The van der Waals surface area contributed by atoms with Crippen molar-refractivity contribution in [3.8, 4) is 10.4 Å². The maximum Gasteiger partial charge on any atom is 0.263 e. The number of rotatable bonds is 5. The third-order valence-electron chi connectivity index (χ3n) is 5.53. The molecule has 0 unspecified atom stereocenters. The fourth-order valence-electron chi connectivity index (χ4n) is 3.84. The lowest BCUT2D eigenvalue weighted by Crippen LogP contribution is -2.49. The summed E-state index contributed by atoms with van der Waals surface area (Å²) in [6.45, 7) is 3.82. The lowest BCUT2D eigenvalue weighted by Gasteiger charge is -2.34. The fraction of sp³-hybridized carbons (Fsp3) is 0.273. The van der Waals surface area contributed by atoms with Gasteiger partial charge in [0, 0.05) is 60.9 Å².